The molecule has 2 fully saturated rings. The molecule has 1 unspecified atom stereocenters. The maximum atomic E-state index is 12.5. The molecule has 2 aliphatic rings. The summed E-state index contributed by atoms with van der Waals surface area (Å²) in [4.78, 5) is 14.3. The number of nitrogens with one attached hydrogen (secondary N) is 1. The zero-order chi connectivity index (χ0) is 14.0. The Bertz CT molecular complexity index is 430. The Morgan fingerprint density at radius 3 is 2.37 bits per heavy atom. The predicted octanol–water partition coefficient (Wildman–Crippen LogP) is 0.174. The summed E-state index contributed by atoms with van der Waals surface area (Å²) in [6.07, 6.45) is 3.40. The van der Waals surface area contributed by atoms with E-state index < -0.39 is 16.3 Å². The first-order valence-corrected chi connectivity index (χ1v) is 8.39. The average molecular weight is 289 g/mol. The number of carbonyl (C=O) groups excluding carboxylic acids is 1. The smallest absolute Gasteiger partial charge is 0.279 e. The number of carbonyl (C=O) groups is 1. The van der Waals surface area contributed by atoms with Gasteiger partial charge in [0.1, 0.15) is 6.04 Å². The van der Waals surface area contributed by atoms with E-state index in [9.17, 15) is 13.2 Å². The van der Waals surface area contributed by atoms with Crippen LogP contribution in [0.4, 0.5) is 0 Å². The summed E-state index contributed by atoms with van der Waals surface area (Å²) in [5.74, 6) is 0.632. The molecule has 7 heteroatoms. The Morgan fingerprint density at radius 1 is 1.16 bits per heavy atom. The fraction of sp³-hybridized carbons (Fsp3) is 0.917. The van der Waals surface area contributed by atoms with Crippen LogP contribution in [0.5, 0.6) is 0 Å². The van der Waals surface area contributed by atoms with Gasteiger partial charge in [0.05, 0.1) is 0 Å². The molecule has 1 amide bonds. The van der Waals surface area contributed by atoms with Gasteiger partial charge < -0.3 is 4.90 Å². The Labute approximate surface area is 115 Å². The minimum atomic E-state index is -3.51. The SMILES string of the molecule is CNS(=O)(=O)N1CCCC1C(=O)N1CCC(C)CC1. The fourth-order valence-electron chi connectivity index (χ4n) is 2.83. The van der Waals surface area contributed by atoms with E-state index in [2.05, 4.69) is 11.6 Å². The second-order valence-electron chi connectivity index (χ2n) is 5.49. The van der Waals surface area contributed by atoms with Crippen molar-refractivity contribution in [1.82, 2.24) is 13.9 Å². The van der Waals surface area contributed by atoms with Gasteiger partial charge in [0.15, 0.2) is 0 Å². The molecule has 2 rings (SSSR count). The van der Waals surface area contributed by atoms with Crippen LogP contribution in [-0.2, 0) is 15.0 Å². The van der Waals surface area contributed by atoms with Gasteiger partial charge in [-0.2, -0.15) is 12.7 Å². The van der Waals surface area contributed by atoms with Crippen LogP contribution in [0.1, 0.15) is 32.6 Å². The molecule has 0 saturated carbocycles. The van der Waals surface area contributed by atoms with E-state index in [1.54, 1.807) is 0 Å². The summed E-state index contributed by atoms with van der Waals surface area (Å²) in [6, 6.07) is -0.508. The van der Waals surface area contributed by atoms with Crippen LogP contribution in [0.15, 0.2) is 0 Å². The molecular formula is C12H23N3O3S. The molecule has 0 aromatic carbocycles. The Balaban J connectivity index is 2.06. The highest BCUT2D eigenvalue weighted by Crippen LogP contribution is 2.24. The summed E-state index contributed by atoms with van der Waals surface area (Å²) < 4.78 is 27.4. The average Bonchev–Trinajstić information content (AvgIpc) is 2.89. The first-order valence-electron chi connectivity index (χ1n) is 6.95. The zero-order valence-electron chi connectivity index (χ0n) is 11.6. The monoisotopic (exact) mass is 289 g/mol. The number of hydrogen-bond acceptors (Lipinski definition) is 3. The molecule has 2 saturated heterocycles. The standard InChI is InChI=1S/C12H23N3O3S/c1-10-5-8-14(9-6-10)12(16)11-4-3-7-15(11)19(17,18)13-2/h10-11,13H,3-9H2,1-2H3. The topological polar surface area (TPSA) is 69.7 Å². The van der Waals surface area contributed by atoms with Gasteiger partial charge in [-0.05, 0) is 31.6 Å². The van der Waals surface area contributed by atoms with Crippen LogP contribution < -0.4 is 4.72 Å². The van der Waals surface area contributed by atoms with Crippen LogP contribution in [0.3, 0.4) is 0 Å². The normalized spacial score (nSPS) is 26.8. The molecule has 0 aliphatic carbocycles. The lowest BCUT2D eigenvalue weighted by Crippen LogP contribution is -2.51. The quantitative estimate of drug-likeness (QED) is 0.805. The van der Waals surface area contributed by atoms with E-state index in [0.717, 1.165) is 32.4 Å². The largest absolute Gasteiger partial charge is 0.341 e. The second-order valence-corrected chi connectivity index (χ2v) is 7.31. The van der Waals surface area contributed by atoms with Crippen molar-refractivity contribution in [2.24, 2.45) is 5.92 Å². The van der Waals surface area contributed by atoms with Crippen molar-refractivity contribution >= 4 is 16.1 Å². The van der Waals surface area contributed by atoms with Crippen molar-refractivity contribution in [2.45, 2.75) is 38.6 Å². The zero-order valence-corrected chi connectivity index (χ0v) is 12.4. The van der Waals surface area contributed by atoms with E-state index in [1.165, 1.54) is 11.4 Å². The predicted molar refractivity (Wildman–Crippen MR) is 72.7 cm³/mol. The van der Waals surface area contributed by atoms with Gasteiger partial charge in [-0.3, -0.25) is 4.79 Å². The number of rotatable bonds is 3. The van der Waals surface area contributed by atoms with E-state index >= 15 is 0 Å². The van der Waals surface area contributed by atoms with Gasteiger partial charge in [-0.15, -0.1) is 0 Å². The Hall–Kier alpha value is -0.660. The van der Waals surface area contributed by atoms with E-state index in [0.29, 0.717) is 18.9 Å². The second kappa shape index (κ2) is 5.76. The van der Waals surface area contributed by atoms with E-state index in [4.69, 9.17) is 0 Å². The molecule has 19 heavy (non-hydrogen) atoms. The Morgan fingerprint density at radius 2 is 1.79 bits per heavy atom. The molecule has 1 N–H and O–H groups in total. The lowest BCUT2D eigenvalue weighted by Gasteiger charge is -2.34. The van der Waals surface area contributed by atoms with Crippen molar-refractivity contribution in [3.05, 3.63) is 0 Å². The van der Waals surface area contributed by atoms with Gasteiger partial charge in [0.25, 0.3) is 10.2 Å². The molecule has 0 aromatic heterocycles. The molecule has 0 bridgehead atoms. The van der Waals surface area contributed by atoms with Crippen molar-refractivity contribution in [1.29, 1.82) is 0 Å². The minimum Gasteiger partial charge on any atom is -0.341 e. The first kappa shape index (κ1) is 14.7. The van der Waals surface area contributed by atoms with E-state index in [-0.39, 0.29) is 5.91 Å². The van der Waals surface area contributed by atoms with Crippen molar-refractivity contribution in [3.8, 4) is 0 Å². The molecule has 2 aliphatic heterocycles. The molecule has 1 atom stereocenters. The van der Waals surface area contributed by atoms with Crippen LogP contribution in [0.25, 0.3) is 0 Å². The number of nitrogens with zero attached hydrogens (tertiary/aromatic N) is 2. The summed E-state index contributed by atoms with van der Waals surface area (Å²) >= 11 is 0. The highest BCUT2D eigenvalue weighted by atomic mass is 32.2. The number of likely N-dealkylation sites (tertiary alicyclic amines) is 1. The maximum Gasteiger partial charge on any atom is 0.279 e. The van der Waals surface area contributed by atoms with Crippen LogP contribution in [0, 0.1) is 5.92 Å². The Kier molecular flexibility index (Phi) is 4.47. The van der Waals surface area contributed by atoms with Gasteiger partial charge in [0.2, 0.25) is 5.91 Å². The fourth-order valence-corrected chi connectivity index (χ4v) is 3.97. The summed E-state index contributed by atoms with van der Waals surface area (Å²) in [6.45, 7) is 4.13. The summed E-state index contributed by atoms with van der Waals surface area (Å²) in [5.41, 5.74) is 0. The van der Waals surface area contributed by atoms with Crippen LogP contribution in [-0.4, -0.2) is 56.3 Å². The third-order valence-electron chi connectivity index (χ3n) is 4.15. The first-order chi connectivity index (χ1) is 8.95. The highest BCUT2D eigenvalue weighted by molar-refractivity contribution is 7.87. The highest BCUT2D eigenvalue weighted by Gasteiger charge is 2.40. The van der Waals surface area contributed by atoms with Crippen LogP contribution in [0.2, 0.25) is 0 Å². The molecule has 2 heterocycles. The lowest BCUT2D eigenvalue weighted by molar-refractivity contribution is -0.135. The number of piperidine rings is 1. The van der Waals surface area contributed by atoms with Crippen molar-refractivity contribution in [3.63, 3.8) is 0 Å². The van der Waals surface area contributed by atoms with Gasteiger partial charge in [-0.25, -0.2) is 4.72 Å². The minimum absolute atomic E-state index is 0.0248. The lowest BCUT2D eigenvalue weighted by atomic mass is 9.98. The third kappa shape index (κ3) is 3.09. The molecule has 0 spiro atoms. The molecule has 0 radical (unpaired) electrons. The van der Waals surface area contributed by atoms with Gasteiger partial charge in [0, 0.05) is 26.7 Å². The van der Waals surface area contributed by atoms with Crippen LogP contribution >= 0.6 is 0 Å². The third-order valence-corrected chi connectivity index (χ3v) is 5.72. The maximum absolute atomic E-state index is 12.5. The summed E-state index contributed by atoms with van der Waals surface area (Å²) in [7, 11) is -2.12. The number of amides is 1. The van der Waals surface area contributed by atoms with Gasteiger partial charge in [-0.1, -0.05) is 6.92 Å². The molecule has 0 aromatic rings. The summed E-state index contributed by atoms with van der Waals surface area (Å²) in [5, 5.41) is 0. The molecule has 110 valence electrons. The van der Waals surface area contributed by atoms with Crippen molar-refractivity contribution < 1.29 is 13.2 Å². The van der Waals surface area contributed by atoms with Crippen molar-refractivity contribution in [2.75, 3.05) is 26.7 Å². The number of hydrogen-bond donors (Lipinski definition) is 1. The van der Waals surface area contributed by atoms with Gasteiger partial charge >= 0.3 is 0 Å². The molecular weight excluding hydrogens is 266 g/mol. The molecule has 6 nitrogen and oxygen atoms in total. The van der Waals surface area contributed by atoms with E-state index in [1.807, 2.05) is 4.90 Å².